The van der Waals surface area contributed by atoms with E-state index in [1.165, 1.54) is 0 Å². The first-order valence-corrected chi connectivity index (χ1v) is 9.76. The number of benzene rings is 2. The molecule has 0 amide bonds. The van der Waals surface area contributed by atoms with Gasteiger partial charge in [-0.05, 0) is 42.0 Å². The van der Waals surface area contributed by atoms with Gasteiger partial charge in [-0.15, -0.1) is 0 Å². The van der Waals surface area contributed by atoms with Gasteiger partial charge in [0.05, 0.1) is 12.0 Å². The minimum Gasteiger partial charge on any atom is -0.476 e. The van der Waals surface area contributed by atoms with E-state index < -0.39 is 51.1 Å². The summed E-state index contributed by atoms with van der Waals surface area (Å²) in [5.74, 6) is -4.34. The first-order chi connectivity index (χ1) is 13.1. The maximum Gasteiger partial charge on any atom is 0.343 e. The predicted octanol–water partition coefficient (Wildman–Crippen LogP) is 2.61. The lowest BCUT2D eigenvalue weighted by molar-refractivity contribution is -0.143. The number of thiol groups is 1. The number of methoxy groups -OCH3 is 1. The summed E-state index contributed by atoms with van der Waals surface area (Å²) < 4.78 is 76.7. The summed E-state index contributed by atoms with van der Waals surface area (Å²) in [4.78, 5) is 10.8. The third-order valence-corrected chi connectivity index (χ3v) is 5.48. The van der Waals surface area contributed by atoms with Gasteiger partial charge in [0, 0.05) is 11.8 Å². The molecule has 6 nitrogen and oxygen atoms in total. The van der Waals surface area contributed by atoms with Gasteiger partial charge in [0.25, 0.3) is 0 Å². The topological polar surface area (TPSA) is 81.7 Å². The largest absolute Gasteiger partial charge is 0.476 e. The molecule has 11 heteroatoms. The highest BCUT2D eigenvalue weighted by molar-refractivity contribution is 7.89. The molecule has 0 fully saturated rings. The Morgan fingerprint density at radius 3 is 2.25 bits per heavy atom. The number of carbonyl (C=O) groups is 1. The monoisotopic (exact) mass is 435 g/mol. The van der Waals surface area contributed by atoms with Gasteiger partial charge >= 0.3 is 5.97 Å². The number of hydrogen-bond donors (Lipinski definition) is 2. The van der Waals surface area contributed by atoms with E-state index in [2.05, 4.69) is 22.1 Å². The fraction of sp³-hybridized carbons (Fsp3) is 0.235. The molecule has 0 saturated carbocycles. The van der Waals surface area contributed by atoms with E-state index in [1.54, 1.807) is 0 Å². The highest BCUT2D eigenvalue weighted by Crippen LogP contribution is 2.29. The molecule has 1 unspecified atom stereocenters. The van der Waals surface area contributed by atoms with E-state index in [4.69, 9.17) is 4.74 Å². The van der Waals surface area contributed by atoms with E-state index in [0.717, 1.165) is 43.5 Å². The Bertz CT molecular complexity index is 929. The molecule has 0 bridgehead atoms. The van der Waals surface area contributed by atoms with Gasteiger partial charge < -0.3 is 9.47 Å². The average Bonchev–Trinajstić information content (AvgIpc) is 2.65. The molecule has 0 spiro atoms. The zero-order valence-corrected chi connectivity index (χ0v) is 16.2. The normalized spacial score (nSPS) is 12.5. The highest BCUT2D eigenvalue weighted by Gasteiger charge is 2.20. The lowest BCUT2D eigenvalue weighted by atomic mass is 10.1. The number of ether oxygens (including phenoxy) is 2. The van der Waals surface area contributed by atoms with E-state index in [9.17, 15) is 26.4 Å². The summed E-state index contributed by atoms with van der Waals surface area (Å²) in [7, 11) is -2.86. The number of hydrogen-bond acceptors (Lipinski definition) is 6. The summed E-state index contributed by atoms with van der Waals surface area (Å²) in [6.45, 7) is -0.963. The second kappa shape index (κ2) is 9.30. The van der Waals surface area contributed by atoms with Crippen LogP contribution in [0.3, 0.4) is 0 Å². The molecule has 1 atom stereocenters. The maximum atomic E-state index is 14.1. The van der Waals surface area contributed by atoms with Gasteiger partial charge in [0.1, 0.15) is 5.82 Å². The van der Waals surface area contributed by atoms with Crippen molar-refractivity contribution in [2.24, 2.45) is 0 Å². The number of esters is 1. The number of nitrogens with one attached hydrogen (secondary N) is 1. The first kappa shape index (κ1) is 22.1. The van der Waals surface area contributed by atoms with Crippen molar-refractivity contribution in [2.45, 2.75) is 10.1 Å². The number of sulfonamides is 1. The van der Waals surface area contributed by atoms with Gasteiger partial charge in [0.15, 0.2) is 24.0 Å². The summed E-state index contributed by atoms with van der Waals surface area (Å²) in [5, 5.41) is -0.895. The molecule has 28 heavy (non-hydrogen) atoms. The zero-order valence-electron chi connectivity index (χ0n) is 14.5. The molecule has 0 radical (unpaired) electrons. The summed E-state index contributed by atoms with van der Waals surface area (Å²) >= 11 is 4.15. The second-order valence-corrected chi connectivity index (χ2v) is 7.89. The van der Waals surface area contributed by atoms with Crippen LogP contribution in [0.15, 0.2) is 41.3 Å². The van der Waals surface area contributed by atoms with Crippen LogP contribution in [0.1, 0.15) is 10.8 Å². The number of rotatable bonds is 8. The van der Waals surface area contributed by atoms with Crippen LogP contribution in [0.5, 0.6) is 5.75 Å². The molecular weight excluding hydrogens is 419 g/mol. The Labute approximate surface area is 165 Å². The fourth-order valence-electron chi connectivity index (χ4n) is 2.10. The molecule has 0 saturated heterocycles. The fourth-order valence-corrected chi connectivity index (χ4v) is 3.51. The van der Waals surface area contributed by atoms with E-state index in [1.807, 2.05) is 0 Å². The van der Waals surface area contributed by atoms with Crippen molar-refractivity contribution in [1.82, 2.24) is 4.72 Å². The molecule has 0 aromatic heterocycles. The van der Waals surface area contributed by atoms with Crippen LogP contribution in [0, 0.1) is 17.5 Å². The van der Waals surface area contributed by atoms with Crippen molar-refractivity contribution in [3.05, 3.63) is 59.4 Å². The Balaban J connectivity index is 2.08. The molecular formula is C17H16F3NO5S2. The molecule has 0 heterocycles. The van der Waals surface area contributed by atoms with Crippen LogP contribution in [-0.4, -0.2) is 34.6 Å². The van der Waals surface area contributed by atoms with Crippen molar-refractivity contribution >= 4 is 28.6 Å². The standard InChI is InChI=1S/C17H16F3NO5S2/c1-25-16(22)9-26-17-13(19)6-10(7-14(17)20)15(27)8-21-28(23,24)12-4-2-11(18)3-5-12/h2-7,15,21,27H,8-9H2,1H3. The molecule has 2 aromatic carbocycles. The molecule has 1 N–H and O–H groups in total. The van der Waals surface area contributed by atoms with Gasteiger partial charge in [0.2, 0.25) is 10.0 Å². The Morgan fingerprint density at radius 2 is 1.71 bits per heavy atom. The third-order valence-electron chi connectivity index (χ3n) is 3.56. The van der Waals surface area contributed by atoms with Crippen molar-refractivity contribution in [1.29, 1.82) is 0 Å². The second-order valence-electron chi connectivity index (χ2n) is 5.50. The van der Waals surface area contributed by atoms with Crippen molar-refractivity contribution in [3.63, 3.8) is 0 Å². The molecule has 2 aromatic rings. The van der Waals surface area contributed by atoms with Crippen LogP contribution < -0.4 is 9.46 Å². The Morgan fingerprint density at radius 1 is 1.14 bits per heavy atom. The number of halogens is 3. The lowest BCUT2D eigenvalue weighted by Crippen LogP contribution is -2.27. The summed E-state index contributed by atoms with van der Waals surface area (Å²) in [6, 6.07) is 5.98. The SMILES string of the molecule is COC(=O)COc1c(F)cc(C(S)CNS(=O)(=O)c2ccc(F)cc2)cc1F. The minimum absolute atomic E-state index is 0.0468. The number of carbonyl (C=O) groups excluding carboxylic acids is 1. The van der Waals surface area contributed by atoms with Crippen LogP contribution in [0.4, 0.5) is 13.2 Å². The molecule has 2 rings (SSSR count). The molecule has 0 aliphatic heterocycles. The van der Waals surface area contributed by atoms with Crippen molar-refractivity contribution < 1.29 is 35.9 Å². The molecule has 0 aliphatic carbocycles. The van der Waals surface area contributed by atoms with Crippen LogP contribution in [0.2, 0.25) is 0 Å². The molecule has 0 aliphatic rings. The van der Waals surface area contributed by atoms with Crippen LogP contribution >= 0.6 is 12.6 Å². The predicted molar refractivity (Wildman–Crippen MR) is 97.2 cm³/mol. The van der Waals surface area contributed by atoms with Crippen LogP contribution in [0.25, 0.3) is 0 Å². The highest BCUT2D eigenvalue weighted by atomic mass is 32.2. The van der Waals surface area contributed by atoms with E-state index in [-0.39, 0.29) is 17.0 Å². The quantitative estimate of drug-likeness (QED) is 0.492. The average molecular weight is 435 g/mol. The minimum atomic E-state index is -3.96. The summed E-state index contributed by atoms with van der Waals surface area (Å²) in [6.07, 6.45) is 0. The van der Waals surface area contributed by atoms with Gasteiger partial charge in [-0.2, -0.15) is 12.6 Å². The smallest absolute Gasteiger partial charge is 0.343 e. The van der Waals surface area contributed by atoms with Crippen LogP contribution in [-0.2, 0) is 19.6 Å². The Hall–Kier alpha value is -2.24. The van der Waals surface area contributed by atoms with E-state index in [0.29, 0.717) is 0 Å². The summed E-state index contributed by atoms with van der Waals surface area (Å²) in [5.41, 5.74) is 0.0468. The first-order valence-electron chi connectivity index (χ1n) is 7.76. The van der Waals surface area contributed by atoms with Gasteiger partial charge in [-0.25, -0.2) is 31.1 Å². The molecule has 152 valence electrons. The van der Waals surface area contributed by atoms with Gasteiger partial charge in [-0.1, -0.05) is 0 Å². The maximum absolute atomic E-state index is 14.1. The van der Waals surface area contributed by atoms with E-state index >= 15 is 0 Å². The van der Waals surface area contributed by atoms with Crippen molar-refractivity contribution in [2.75, 3.05) is 20.3 Å². The zero-order chi connectivity index (χ0) is 20.9. The van der Waals surface area contributed by atoms with Gasteiger partial charge in [-0.3, -0.25) is 0 Å². The Kier molecular flexibility index (Phi) is 7.33. The third kappa shape index (κ3) is 5.63. The van der Waals surface area contributed by atoms with Crippen molar-refractivity contribution in [3.8, 4) is 5.75 Å². The lowest BCUT2D eigenvalue weighted by Gasteiger charge is -2.15.